The number of nitrogen functional groups attached to an aromatic ring is 1. The van der Waals surface area contributed by atoms with Crippen LogP contribution in [-0.2, 0) is 31.2 Å². The zero-order valence-corrected chi connectivity index (χ0v) is 22.4. The number of fused-ring (bicyclic) bond motifs is 1. The molecule has 2 aromatic rings. The largest absolute Gasteiger partial charge is 0.543 e. The highest BCUT2D eigenvalue weighted by molar-refractivity contribution is 8.00. The Hall–Kier alpha value is -3.52. The van der Waals surface area contributed by atoms with Crippen molar-refractivity contribution in [2.75, 3.05) is 18.1 Å². The second-order valence-corrected chi connectivity index (χ2v) is 11.3. The predicted molar refractivity (Wildman–Crippen MR) is 135 cm³/mol. The van der Waals surface area contributed by atoms with Crippen LogP contribution in [0, 0.1) is 0 Å². The molecule has 0 aromatic carbocycles. The SMILES string of the molecule is CCON=C(C(=O)NC1C(=O)N2C(C(=O)[O-])=C(C[n+]3ccc(C(C)(C)C)cc3)CS[C@H]12)c1nsc(N)n1. The molecule has 1 fully saturated rings. The highest BCUT2D eigenvalue weighted by Crippen LogP contribution is 2.40. The Bertz CT molecular complexity index is 1280. The zero-order chi connectivity index (χ0) is 26.9. The number of carboxylic acid groups (broad SMARTS) is 1. The molecular formula is C23H27N7O5S2. The van der Waals surface area contributed by atoms with Crippen LogP contribution in [0.5, 0.6) is 0 Å². The smallest absolute Gasteiger partial charge is 0.278 e. The summed E-state index contributed by atoms with van der Waals surface area (Å²) in [6.45, 7) is 8.51. The summed E-state index contributed by atoms with van der Waals surface area (Å²) in [5.74, 6) is -2.41. The fourth-order valence-corrected chi connectivity index (χ4v) is 5.70. The normalized spacial score (nSPS) is 19.8. The number of pyridine rings is 1. The van der Waals surface area contributed by atoms with Gasteiger partial charge in [0, 0.05) is 35.0 Å². The van der Waals surface area contributed by atoms with Crippen molar-refractivity contribution >= 4 is 51.9 Å². The number of nitrogens with two attached hydrogens (primary N) is 1. The maximum Gasteiger partial charge on any atom is 0.278 e. The standard InChI is InChI=1S/C23H27N7O5S2/c1-5-35-27-14(17-26-22(24)37-28-17)18(31)25-15-19(32)30-16(21(33)34)12(11-36-20(15)30)10-29-8-6-13(7-9-29)23(2,3)4/h6-9,15,20H,5,10-11H2,1-4H3,(H3-,24,25,26,28,31,33,34)/t15?,20-/m1/s1. The summed E-state index contributed by atoms with van der Waals surface area (Å²) in [4.78, 5) is 48.2. The highest BCUT2D eigenvalue weighted by atomic mass is 32.2. The number of aromatic nitrogens is 3. The number of aliphatic carboxylic acids is 1. The van der Waals surface area contributed by atoms with Gasteiger partial charge in [-0.15, -0.1) is 11.8 Å². The van der Waals surface area contributed by atoms with E-state index in [0.29, 0.717) is 11.3 Å². The van der Waals surface area contributed by atoms with Crippen LogP contribution >= 0.6 is 23.3 Å². The molecule has 0 radical (unpaired) electrons. The third-order valence-corrected chi connectivity index (χ3v) is 7.69. The van der Waals surface area contributed by atoms with Crippen LogP contribution in [0.25, 0.3) is 0 Å². The van der Waals surface area contributed by atoms with E-state index in [9.17, 15) is 19.5 Å². The van der Waals surface area contributed by atoms with Gasteiger partial charge in [-0.05, 0) is 17.9 Å². The molecule has 2 atom stereocenters. The van der Waals surface area contributed by atoms with Crippen LogP contribution in [0.4, 0.5) is 5.13 Å². The molecule has 0 spiro atoms. The van der Waals surface area contributed by atoms with Crippen molar-refractivity contribution < 1.29 is 28.9 Å². The lowest BCUT2D eigenvalue weighted by Crippen LogP contribution is -2.71. The maximum absolute atomic E-state index is 13.0. The molecule has 0 saturated carbocycles. The summed E-state index contributed by atoms with van der Waals surface area (Å²) in [5.41, 5.74) is 6.91. The van der Waals surface area contributed by atoms with Crippen molar-refractivity contribution in [3.63, 3.8) is 0 Å². The van der Waals surface area contributed by atoms with Crippen LogP contribution < -0.4 is 20.7 Å². The molecule has 2 aliphatic rings. The van der Waals surface area contributed by atoms with E-state index in [4.69, 9.17) is 10.6 Å². The number of carbonyl (C=O) groups is 3. The van der Waals surface area contributed by atoms with Gasteiger partial charge in [0.1, 0.15) is 18.0 Å². The zero-order valence-electron chi connectivity index (χ0n) is 20.8. The molecule has 37 heavy (non-hydrogen) atoms. The van der Waals surface area contributed by atoms with Gasteiger partial charge in [0.2, 0.25) is 11.5 Å². The summed E-state index contributed by atoms with van der Waals surface area (Å²) >= 11 is 2.25. The van der Waals surface area contributed by atoms with Gasteiger partial charge in [0.25, 0.3) is 11.8 Å². The van der Waals surface area contributed by atoms with Crippen molar-refractivity contribution in [3.8, 4) is 0 Å². The van der Waals surface area contributed by atoms with E-state index in [1.807, 2.05) is 29.1 Å². The number of amides is 2. The fraction of sp³-hybridized carbons (Fsp3) is 0.435. The average molecular weight is 546 g/mol. The quantitative estimate of drug-likeness (QED) is 0.193. The highest BCUT2D eigenvalue weighted by Gasteiger charge is 2.53. The molecule has 2 amide bonds. The van der Waals surface area contributed by atoms with Crippen LogP contribution in [-0.4, -0.2) is 61.5 Å². The number of hydrogen-bond acceptors (Lipinski definition) is 11. The number of oxime groups is 1. The Morgan fingerprint density at radius 3 is 2.62 bits per heavy atom. The van der Waals surface area contributed by atoms with E-state index in [1.54, 1.807) is 6.92 Å². The molecule has 4 rings (SSSR count). The van der Waals surface area contributed by atoms with Gasteiger partial charge in [-0.1, -0.05) is 25.9 Å². The second kappa shape index (κ2) is 10.5. The molecule has 14 heteroatoms. The summed E-state index contributed by atoms with van der Waals surface area (Å²) in [7, 11) is 0. The monoisotopic (exact) mass is 545 g/mol. The Balaban J connectivity index is 1.52. The summed E-state index contributed by atoms with van der Waals surface area (Å²) in [5, 5.41) is 18.0. The van der Waals surface area contributed by atoms with E-state index in [1.165, 1.54) is 16.7 Å². The van der Waals surface area contributed by atoms with Crippen molar-refractivity contribution in [2.45, 2.75) is 51.1 Å². The first-order valence-corrected chi connectivity index (χ1v) is 13.3. The summed E-state index contributed by atoms with van der Waals surface area (Å²) in [6.07, 6.45) is 3.77. The van der Waals surface area contributed by atoms with Crippen LogP contribution in [0.3, 0.4) is 0 Å². The minimum Gasteiger partial charge on any atom is -0.543 e. The Morgan fingerprint density at radius 2 is 2.05 bits per heavy atom. The molecule has 1 unspecified atom stereocenters. The third-order valence-electron chi connectivity index (χ3n) is 5.81. The summed E-state index contributed by atoms with van der Waals surface area (Å²) in [6, 6.07) is 3.02. The van der Waals surface area contributed by atoms with Crippen molar-refractivity contribution in [3.05, 3.63) is 47.2 Å². The number of rotatable bonds is 8. The van der Waals surface area contributed by atoms with Gasteiger partial charge in [-0.2, -0.15) is 9.36 Å². The Kier molecular flexibility index (Phi) is 7.50. The van der Waals surface area contributed by atoms with E-state index in [-0.39, 0.29) is 40.9 Å². The number of thioether (sulfide) groups is 1. The van der Waals surface area contributed by atoms with Crippen LogP contribution in [0.1, 0.15) is 39.1 Å². The fourth-order valence-electron chi connectivity index (χ4n) is 3.93. The number of β-lactam (4-membered cyclic amide) rings is 1. The van der Waals surface area contributed by atoms with Gasteiger partial charge in [-0.25, -0.2) is 4.57 Å². The minimum atomic E-state index is -1.44. The topological polar surface area (TPSA) is 167 Å². The summed E-state index contributed by atoms with van der Waals surface area (Å²) < 4.78 is 5.85. The van der Waals surface area contributed by atoms with Gasteiger partial charge < -0.3 is 25.8 Å². The average Bonchev–Trinajstić information content (AvgIpc) is 3.27. The number of carboxylic acids is 1. The predicted octanol–water partition coefficient (Wildman–Crippen LogP) is -0.450. The lowest BCUT2D eigenvalue weighted by molar-refractivity contribution is -0.689. The van der Waals surface area contributed by atoms with Crippen LogP contribution in [0.2, 0.25) is 0 Å². The molecule has 0 aliphatic carbocycles. The Morgan fingerprint density at radius 1 is 1.35 bits per heavy atom. The van der Waals surface area contributed by atoms with E-state index >= 15 is 0 Å². The molecule has 3 N–H and O–H groups in total. The molecule has 2 aromatic heterocycles. The molecule has 12 nitrogen and oxygen atoms in total. The number of nitrogens with zero attached hydrogens (tertiary/aromatic N) is 5. The van der Waals surface area contributed by atoms with Gasteiger partial charge >= 0.3 is 0 Å². The number of hydrogen-bond donors (Lipinski definition) is 2. The first-order valence-electron chi connectivity index (χ1n) is 11.5. The molecule has 4 heterocycles. The second-order valence-electron chi connectivity index (χ2n) is 9.42. The Labute approximate surface area is 221 Å². The van der Waals surface area contributed by atoms with Crippen molar-refractivity contribution in [1.82, 2.24) is 19.6 Å². The number of anilines is 1. The molecule has 2 aliphatic heterocycles. The maximum atomic E-state index is 13.0. The molecule has 1 saturated heterocycles. The van der Waals surface area contributed by atoms with Gasteiger partial charge in [0.15, 0.2) is 24.1 Å². The number of carbonyl (C=O) groups excluding carboxylic acids is 3. The first kappa shape index (κ1) is 26.5. The number of nitrogens with one attached hydrogen (secondary N) is 1. The van der Waals surface area contributed by atoms with Gasteiger partial charge in [0.05, 0.1) is 11.7 Å². The van der Waals surface area contributed by atoms with E-state index in [2.05, 4.69) is 40.6 Å². The van der Waals surface area contributed by atoms with Crippen molar-refractivity contribution in [2.24, 2.45) is 5.16 Å². The molecule has 0 bridgehead atoms. The first-order chi connectivity index (χ1) is 17.5. The van der Waals surface area contributed by atoms with E-state index < -0.39 is 29.2 Å². The van der Waals surface area contributed by atoms with Gasteiger partial charge in [-0.3, -0.25) is 14.5 Å². The van der Waals surface area contributed by atoms with Crippen LogP contribution in [0.15, 0.2) is 41.0 Å². The minimum absolute atomic E-state index is 0.0126. The lowest BCUT2D eigenvalue weighted by atomic mass is 9.88. The third kappa shape index (κ3) is 5.44. The van der Waals surface area contributed by atoms with E-state index in [0.717, 1.165) is 17.1 Å². The molecular weight excluding hydrogens is 518 g/mol. The van der Waals surface area contributed by atoms with Crippen molar-refractivity contribution in [1.29, 1.82) is 0 Å². The lowest BCUT2D eigenvalue weighted by Gasteiger charge is -2.50. The molecule has 196 valence electrons.